The van der Waals surface area contributed by atoms with Crippen molar-refractivity contribution < 1.29 is 23.1 Å². The zero-order chi connectivity index (χ0) is 15.3. The summed E-state index contributed by atoms with van der Waals surface area (Å²) in [5, 5.41) is 8.75. The number of sulfonamides is 1. The maximum absolute atomic E-state index is 11.9. The van der Waals surface area contributed by atoms with E-state index in [9.17, 15) is 18.0 Å². The fraction of sp³-hybridized carbons (Fsp3) is 0.455. The molecule has 0 aliphatic rings. The standard InChI is InChI=1S/C11H16N2O5S2/c1-3-13(4-2)9(14)7-12-20(17,18)10-6-5-8(19-10)11(15)16/h5-6,12H,3-4,7H2,1-2H3,(H,15,16). The van der Waals surface area contributed by atoms with Crippen molar-refractivity contribution in [1.82, 2.24) is 9.62 Å². The van der Waals surface area contributed by atoms with Crippen LogP contribution in [0.1, 0.15) is 23.5 Å². The minimum atomic E-state index is -3.86. The molecule has 0 bridgehead atoms. The van der Waals surface area contributed by atoms with Crippen LogP contribution in [0.3, 0.4) is 0 Å². The van der Waals surface area contributed by atoms with Gasteiger partial charge in [0.2, 0.25) is 5.91 Å². The van der Waals surface area contributed by atoms with Gasteiger partial charge in [0.25, 0.3) is 10.0 Å². The van der Waals surface area contributed by atoms with Crippen LogP contribution in [0.15, 0.2) is 16.3 Å². The van der Waals surface area contributed by atoms with E-state index in [1.165, 1.54) is 17.0 Å². The van der Waals surface area contributed by atoms with Gasteiger partial charge in [-0.1, -0.05) is 0 Å². The zero-order valence-corrected chi connectivity index (χ0v) is 12.8. The predicted octanol–water partition coefficient (Wildman–Crippen LogP) is 0.593. The van der Waals surface area contributed by atoms with Gasteiger partial charge in [-0.05, 0) is 26.0 Å². The van der Waals surface area contributed by atoms with Gasteiger partial charge in [0.05, 0.1) is 6.54 Å². The molecule has 0 spiro atoms. The molecule has 2 N–H and O–H groups in total. The topological polar surface area (TPSA) is 104 Å². The number of nitrogens with one attached hydrogen (secondary N) is 1. The number of hydrogen-bond donors (Lipinski definition) is 2. The number of likely N-dealkylation sites (N-methyl/N-ethyl adjacent to an activating group) is 1. The molecule has 0 fully saturated rings. The van der Waals surface area contributed by atoms with E-state index in [4.69, 9.17) is 5.11 Å². The molecule has 0 aliphatic heterocycles. The van der Waals surface area contributed by atoms with Crippen molar-refractivity contribution in [2.45, 2.75) is 18.1 Å². The van der Waals surface area contributed by atoms with Crippen LogP contribution in [-0.4, -0.2) is 49.9 Å². The first-order valence-electron chi connectivity index (χ1n) is 5.92. The lowest BCUT2D eigenvalue weighted by atomic mass is 10.4. The second kappa shape index (κ2) is 6.82. The van der Waals surface area contributed by atoms with Crippen molar-refractivity contribution in [2.75, 3.05) is 19.6 Å². The molecule has 1 amide bonds. The Labute approximate surface area is 121 Å². The van der Waals surface area contributed by atoms with E-state index in [2.05, 4.69) is 4.72 Å². The van der Waals surface area contributed by atoms with Gasteiger partial charge < -0.3 is 10.0 Å². The number of carboxylic acid groups (broad SMARTS) is 1. The van der Waals surface area contributed by atoms with Gasteiger partial charge in [-0.15, -0.1) is 11.3 Å². The lowest BCUT2D eigenvalue weighted by Gasteiger charge is -2.18. The summed E-state index contributed by atoms with van der Waals surface area (Å²) >= 11 is 0.645. The Balaban J connectivity index is 2.75. The van der Waals surface area contributed by atoms with Crippen molar-refractivity contribution in [3.05, 3.63) is 17.0 Å². The summed E-state index contributed by atoms with van der Waals surface area (Å²) in [6, 6.07) is 2.42. The van der Waals surface area contributed by atoms with Crippen LogP contribution in [0.25, 0.3) is 0 Å². The number of rotatable bonds is 7. The number of nitrogens with zero attached hydrogens (tertiary/aromatic N) is 1. The zero-order valence-electron chi connectivity index (χ0n) is 11.1. The Morgan fingerprint density at radius 2 is 1.90 bits per heavy atom. The number of amides is 1. The molecule has 0 saturated carbocycles. The van der Waals surface area contributed by atoms with Gasteiger partial charge in [-0.2, -0.15) is 0 Å². The number of carbonyl (C=O) groups is 2. The molecule has 1 aromatic rings. The van der Waals surface area contributed by atoms with Crippen molar-refractivity contribution in [3.8, 4) is 0 Å². The Kier molecular flexibility index (Phi) is 5.66. The van der Waals surface area contributed by atoms with Crippen LogP contribution in [0.5, 0.6) is 0 Å². The Morgan fingerprint density at radius 1 is 1.30 bits per heavy atom. The highest BCUT2D eigenvalue weighted by molar-refractivity contribution is 7.91. The molecule has 112 valence electrons. The number of aromatic carboxylic acids is 1. The van der Waals surface area contributed by atoms with Crippen molar-refractivity contribution in [2.24, 2.45) is 0 Å². The molecule has 1 aromatic heterocycles. The number of carbonyl (C=O) groups excluding carboxylic acids is 1. The molecule has 7 nitrogen and oxygen atoms in total. The molecule has 20 heavy (non-hydrogen) atoms. The Bertz CT molecular complexity index is 590. The minimum absolute atomic E-state index is 0.0690. The molecule has 0 atom stereocenters. The van der Waals surface area contributed by atoms with Crippen LogP contribution >= 0.6 is 11.3 Å². The van der Waals surface area contributed by atoms with E-state index in [0.717, 1.165) is 0 Å². The SMILES string of the molecule is CCN(CC)C(=O)CNS(=O)(=O)c1ccc(C(=O)O)s1. The van der Waals surface area contributed by atoms with E-state index in [1.54, 1.807) is 13.8 Å². The molecule has 1 heterocycles. The molecular formula is C11H16N2O5S2. The third kappa shape index (κ3) is 4.02. The maximum atomic E-state index is 11.9. The molecule has 1 rings (SSSR count). The second-order valence-corrected chi connectivity index (χ2v) is 6.89. The highest BCUT2D eigenvalue weighted by Crippen LogP contribution is 2.21. The number of hydrogen-bond acceptors (Lipinski definition) is 5. The molecule has 9 heteroatoms. The highest BCUT2D eigenvalue weighted by Gasteiger charge is 2.20. The van der Waals surface area contributed by atoms with Crippen LogP contribution in [0.2, 0.25) is 0 Å². The second-order valence-electron chi connectivity index (χ2n) is 3.81. The first-order chi connectivity index (χ1) is 9.31. The van der Waals surface area contributed by atoms with Gasteiger partial charge >= 0.3 is 5.97 Å². The smallest absolute Gasteiger partial charge is 0.345 e. The molecular weight excluding hydrogens is 304 g/mol. The molecule has 0 radical (unpaired) electrons. The molecule has 0 unspecified atom stereocenters. The van der Waals surface area contributed by atoms with Crippen molar-refractivity contribution in [1.29, 1.82) is 0 Å². The number of thiophene rings is 1. The van der Waals surface area contributed by atoms with E-state index in [1.807, 2.05) is 0 Å². The third-order valence-electron chi connectivity index (χ3n) is 2.59. The first-order valence-corrected chi connectivity index (χ1v) is 8.22. The van der Waals surface area contributed by atoms with Gasteiger partial charge in [-0.3, -0.25) is 4.79 Å². The Morgan fingerprint density at radius 3 is 2.35 bits per heavy atom. The van der Waals surface area contributed by atoms with E-state index in [0.29, 0.717) is 24.4 Å². The van der Waals surface area contributed by atoms with E-state index in [-0.39, 0.29) is 21.5 Å². The quantitative estimate of drug-likeness (QED) is 0.765. The van der Waals surface area contributed by atoms with Crippen LogP contribution < -0.4 is 4.72 Å². The first kappa shape index (κ1) is 16.6. The van der Waals surface area contributed by atoms with E-state index >= 15 is 0 Å². The minimum Gasteiger partial charge on any atom is -0.477 e. The summed E-state index contributed by atoms with van der Waals surface area (Å²) < 4.78 is 25.9. The monoisotopic (exact) mass is 320 g/mol. The van der Waals surface area contributed by atoms with E-state index < -0.39 is 16.0 Å². The molecule has 0 saturated heterocycles. The lowest BCUT2D eigenvalue weighted by molar-refractivity contribution is -0.129. The molecule has 0 aromatic carbocycles. The highest BCUT2D eigenvalue weighted by atomic mass is 32.2. The normalized spacial score (nSPS) is 11.3. The largest absolute Gasteiger partial charge is 0.477 e. The Hall–Kier alpha value is -1.45. The molecule has 0 aliphatic carbocycles. The third-order valence-corrected chi connectivity index (χ3v) is 5.55. The predicted molar refractivity (Wildman–Crippen MR) is 74.4 cm³/mol. The average molecular weight is 320 g/mol. The van der Waals surface area contributed by atoms with Crippen molar-refractivity contribution >= 4 is 33.2 Å². The summed E-state index contributed by atoms with van der Waals surface area (Å²) in [6.45, 7) is 4.26. The van der Waals surface area contributed by atoms with Gasteiger partial charge in [0.1, 0.15) is 9.09 Å². The average Bonchev–Trinajstić information content (AvgIpc) is 2.88. The van der Waals surface area contributed by atoms with Gasteiger partial charge in [0, 0.05) is 13.1 Å². The lowest BCUT2D eigenvalue weighted by Crippen LogP contribution is -2.39. The number of carboxylic acids is 1. The fourth-order valence-corrected chi connectivity index (χ4v) is 3.66. The maximum Gasteiger partial charge on any atom is 0.345 e. The summed E-state index contributed by atoms with van der Waals surface area (Å²) in [5.41, 5.74) is 0. The summed E-state index contributed by atoms with van der Waals surface area (Å²) in [4.78, 5) is 23.8. The summed E-state index contributed by atoms with van der Waals surface area (Å²) in [7, 11) is -3.86. The van der Waals surface area contributed by atoms with Crippen molar-refractivity contribution in [3.63, 3.8) is 0 Å². The van der Waals surface area contributed by atoms with Gasteiger partial charge in [0.15, 0.2) is 0 Å². The van der Waals surface area contributed by atoms with Crippen LogP contribution in [0.4, 0.5) is 0 Å². The fourth-order valence-electron chi connectivity index (χ4n) is 1.50. The summed E-state index contributed by atoms with van der Waals surface area (Å²) in [6.07, 6.45) is 0. The van der Waals surface area contributed by atoms with Crippen LogP contribution in [-0.2, 0) is 14.8 Å². The van der Waals surface area contributed by atoms with Crippen LogP contribution in [0, 0.1) is 0 Å². The van der Waals surface area contributed by atoms with Gasteiger partial charge in [-0.25, -0.2) is 17.9 Å². The summed E-state index contributed by atoms with van der Waals surface area (Å²) in [5.74, 6) is -1.51.